The molecule has 0 radical (unpaired) electrons. The van der Waals surface area contributed by atoms with Gasteiger partial charge >= 0.3 is 12.0 Å². The van der Waals surface area contributed by atoms with Gasteiger partial charge in [0.1, 0.15) is 6.04 Å². The summed E-state index contributed by atoms with van der Waals surface area (Å²) in [7, 11) is 0. The van der Waals surface area contributed by atoms with E-state index in [1.807, 2.05) is 6.92 Å². The minimum atomic E-state index is -1.03. The number of nitrogens with one attached hydrogen (secondary N) is 2. The van der Waals surface area contributed by atoms with Crippen LogP contribution in [0, 0.1) is 0 Å². The third-order valence-electron chi connectivity index (χ3n) is 2.59. The molecule has 0 rings (SSSR count). The smallest absolute Gasteiger partial charge is 0.325 e. The van der Waals surface area contributed by atoms with E-state index in [1.54, 1.807) is 0 Å². The Labute approximate surface area is 103 Å². The lowest BCUT2D eigenvalue weighted by Crippen LogP contribution is -2.47. The molecule has 100 valence electrons. The Balaban J connectivity index is 3.69. The van der Waals surface area contributed by atoms with Gasteiger partial charge in [-0.3, -0.25) is 4.79 Å². The molecule has 0 saturated heterocycles. The average Bonchev–Trinajstić information content (AvgIpc) is 2.24. The first kappa shape index (κ1) is 15.7. The van der Waals surface area contributed by atoms with Gasteiger partial charge in [-0.05, 0) is 20.3 Å². The highest BCUT2D eigenvalue weighted by Crippen LogP contribution is 2.05. The third-order valence-corrected chi connectivity index (χ3v) is 2.59. The van der Waals surface area contributed by atoms with Gasteiger partial charge in [0.05, 0.1) is 0 Å². The summed E-state index contributed by atoms with van der Waals surface area (Å²) in [6.45, 7) is 5.52. The summed E-state index contributed by atoms with van der Waals surface area (Å²) in [5.41, 5.74) is 0. The van der Waals surface area contributed by atoms with E-state index in [9.17, 15) is 9.59 Å². The van der Waals surface area contributed by atoms with Gasteiger partial charge in [-0.25, -0.2) is 4.79 Å². The van der Waals surface area contributed by atoms with E-state index in [0.29, 0.717) is 0 Å². The fourth-order valence-corrected chi connectivity index (χ4v) is 1.47. The maximum Gasteiger partial charge on any atom is 0.325 e. The Morgan fingerprint density at radius 3 is 2.29 bits per heavy atom. The number of carbonyl (C=O) groups excluding carboxylic acids is 1. The second-order valence-corrected chi connectivity index (χ2v) is 4.43. The van der Waals surface area contributed by atoms with Gasteiger partial charge in [0, 0.05) is 6.04 Å². The molecule has 0 aliphatic carbocycles. The molecule has 0 aromatic heterocycles. The van der Waals surface area contributed by atoms with Gasteiger partial charge < -0.3 is 15.7 Å². The quantitative estimate of drug-likeness (QED) is 0.572. The molecule has 1 unspecified atom stereocenters. The van der Waals surface area contributed by atoms with Crippen molar-refractivity contribution in [2.75, 3.05) is 0 Å². The molecule has 3 N–H and O–H groups in total. The molecule has 5 heteroatoms. The SMILES string of the molecule is CCCCCCC(C)NC(=O)N[C@H](C)C(=O)O. The zero-order valence-electron chi connectivity index (χ0n) is 11.0. The van der Waals surface area contributed by atoms with Crippen molar-refractivity contribution in [1.82, 2.24) is 10.6 Å². The fraction of sp³-hybridized carbons (Fsp3) is 0.833. The largest absolute Gasteiger partial charge is 0.480 e. The second-order valence-electron chi connectivity index (χ2n) is 4.43. The molecule has 0 heterocycles. The summed E-state index contributed by atoms with van der Waals surface area (Å²) >= 11 is 0. The van der Waals surface area contributed by atoms with Crippen LogP contribution in [0.25, 0.3) is 0 Å². The van der Waals surface area contributed by atoms with Crippen LogP contribution < -0.4 is 10.6 Å². The van der Waals surface area contributed by atoms with Gasteiger partial charge in [-0.2, -0.15) is 0 Å². The normalized spacial score (nSPS) is 13.8. The van der Waals surface area contributed by atoms with Crippen LogP contribution in [0.2, 0.25) is 0 Å². The van der Waals surface area contributed by atoms with E-state index < -0.39 is 18.0 Å². The molecule has 2 atom stereocenters. The molecule has 2 amide bonds. The molecule has 0 aromatic rings. The number of hydrogen-bond donors (Lipinski definition) is 3. The predicted molar refractivity (Wildman–Crippen MR) is 67.0 cm³/mol. The Morgan fingerprint density at radius 1 is 1.12 bits per heavy atom. The molecule has 0 aromatic carbocycles. The molecular weight excluding hydrogens is 220 g/mol. The minimum absolute atomic E-state index is 0.0767. The van der Waals surface area contributed by atoms with Gasteiger partial charge in [-0.15, -0.1) is 0 Å². The van der Waals surface area contributed by atoms with E-state index in [-0.39, 0.29) is 6.04 Å². The summed E-state index contributed by atoms with van der Waals surface area (Å²) in [6.07, 6.45) is 5.60. The van der Waals surface area contributed by atoms with E-state index in [4.69, 9.17) is 5.11 Å². The first-order chi connectivity index (χ1) is 7.97. The van der Waals surface area contributed by atoms with Crippen LogP contribution in [0.1, 0.15) is 52.9 Å². The molecule has 0 saturated carbocycles. The molecule has 0 fully saturated rings. The van der Waals surface area contributed by atoms with Crippen molar-refractivity contribution < 1.29 is 14.7 Å². The minimum Gasteiger partial charge on any atom is -0.480 e. The van der Waals surface area contributed by atoms with Crippen LogP contribution in [0.15, 0.2) is 0 Å². The number of aliphatic carboxylic acids is 1. The van der Waals surface area contributed by atoms with Crippen LogP contribution >= 0.6 is 0 Å². The molecule has 5 nitrogen and oxygen atoms in total. The van der Waals surface area contributed by atoms with Crippen molar-refractivity contribution in [2.45, 2.75) is 65.0 Å². The van der Waals surface area contributed by atoms with E-state index in [2.05, 4.69) is 17.6 Å². The second kappa shape index (κ2) is 8.84. The highest BCUT2D eigenvalue weighted by Gasteiger charge is 2.14. The Kier molecular flexibility index (Phi) is 8.19. The van der Waals surface area contributed by atoms with Crippen molar-refractivity contribution in [2.24, 2.45) is 0 Å². The van der Waals surface area contributed by atoms with Gasteiger partial charge in [-0.1, -0.05) is 32.6 Å². The Hall–Kier alpha value is -1.26. The summed E-state index contributed by atoms with van der Waals surface area (Å²) in [4.78, 5) is 21.9. The summed E-state index contributed by atoms with van der Waals surface area (Å²) in [6, 6.07) is -1.20. The number of hydrogen-bond acceptors (Lipinski definition) is 2. The van der Waals surface area contributed by atoms with Crippen molar-refractivity contribution in [1.29, 1.82) is 0 Å². The maximum absolute atomic E-state index is 11.4. The lowest BCUT2D eigenvalue weighted by molar-refractivity contribution is -0.138. The van der Waals surface area contributed by atoms with Crippen molar-refractivity contribution in [3.05, 3.63) is 0 Å². The van der Waals surface area contributed by atoms with E-state index >= 15 is 0 Å². The van der Waals surface area contributed by atoms with E-state index in [0.717, 1.165) is 12.8 Å². The first-order valence-electron chi connectivity index (χ1n) is 6.27. The average molecular weight is 244 g/mol. The number of amides is 2. The van der Waals surface area contributed by atoms with Crippen LogP contribution in [0.3, 0.4) is 0 Å². The number of urea groups is 1. The fourth-order valence-electron chi connectivity index (χ4n) is 1.47. The zero-order valence-corrected chi connectivity index (χ0v) is 11.0. The lowest BCUT2D eigenvalue weighted by Gasteiger charge is -2.16. The Morgan fingerprint density at radius 2 is 1.76 bits per heavy atom. The molecule has 0 aliphatic heterocycles. The van der Waals surface area contributed by atoms with Crippen LogP contribution in [0.5, 0.6) is 0 Å². The predicted octanol–water partition coefficient (Wildman–Crippen LogP) is 2.12. The van der Waals surface area contributed by atoms with Crippen molar-refractivity contribution in [3.8, 4) is 0 Å². The van der Waals surface area contributed by atoms with Crippen LogP contribution in [-0.2, 0) is 4.79 Å². The topological polar surface area (TPSA) is 78.4 Å². The zero-order chi connectivity index (χ0) is 13.3. The molecule has 0 spiro atoms. The number of carboxylic acid groups (broad SMARTS) is 1. The molecular formula is C12H24N2O3. The maximum atomic E-state index is 11.4. The highest BCUT2D eigenvalue weighted by atomic mass is 16.4. The number of carbonyl (C=O) groups is 2. The van der Waals surface area contributed by atoms with Crippen LogP contribution in [-0.4, -0.2) is 29.2 Å². The van der Waals surface area contributed by atoms with Gasteiger partial charge in [0.2, 0.25) is 0 Å². The lowest BCUT2D eigenvalue weighted by atomic mass is 10.1. The summed E-state index contributed by atoms with van der Waals surface area (Å²) < 4.78 is 0. The summed E-state index contributed by atoms with van der Waals surface area (Å²) in [5.74, 6) is -1.03. The molecule has 17 heavy (non-hydrogen) atoms. The molecule has 0 aliphatic rings. The van der Waals surface area contributed by atoms with Gasteiger partial charge in [0.25, 0.3) is 0 Å². The van der Waals surface area contributed by atoms with Gasteiger partial charge in [0.15, 0.2) is 0 Å². The molecule has 0 bridgehead atoms. The number of rotatable bonds is 8. The summed E-state index contributed by atoms with van der Waals surface area (Å²) in [5, 5.41) is 13.7. The Bertz CT molecular complexity index is 244. The first-order valence-corrected chi connectivity index (χ1v) is 6.27. The van der Waals surface area contributed by atoms with Crippen LogP contribution in [0.4, 0.5) is 4.79 Å². The number of unbranched alkanes of at least 4 members (excludes halogenated alkanes) is 3. The third kappa shape index (κ3) is 8.54. The monoisotopic (exact) mass is 244 g/mol. The van der Waals surface area contributed by atoms with Crippen molar-refractivity contribution >= 4 is 12.0 Å². The standard InChI is InChI=1S/C12H24N2O3/c1-4-5-6-7-8-9(2)13-12(17)14-10(3)11(15)16/h9-10H,4-8H2,1-3H3,(H,15,16)(H2,13,14,17)/t9?,10-/m1/s1. The van der Waals surface area contributed by atoms with E-state index in [1.165, 1.54) is 26.2 Å². The highest BCUT2D eigenvalue weighted by molar-refractivity contribution is 5.82. The van der Waals surface area contributed by atoms with Crippen molar-refractivity contribution in [3.63, 3.8) is 0 Å². The number of carboxylic acids is 1.